The van der Waals surface area contributed by atoms with Crippen LogP contribution in [0.4, 0.5) is 0 Å². The molecule has 0 aliphatic heterocycles. The summed E-state index contributed by atoms with van der Waals surface area (Å²) < 4.78 is 11.1. The Balaban J connectivity index is 1.39. The molecule has 0 saturated heterocycles. The molecule has 0 radical (unpaired) electrons. The first-order valence-corrected chi connectivity index (χ1v) is 8.87. The molecule has 0 atom stereocenters. The lowest BCUT2D eigenvalue weighted by atomic mass is 10.2. The zero-order chi connectivity index (χ0) is 19.2. The van der Waals surface area contributed by atoms with Gasteiger partial charge in [0, 0.05) is 16.8 Å². The van der Waals surface area contributed by atoms with Gasteiger partial charge in [-0.25, -0.2) is 0 Å². The lowest BCUT2D eigenvalue weighted by Crippen LogP contribution is -2.41. The topological polar surface area (TPSA) is 80.6 Å². The molecule has 0 bridgehead atoms. The third-order valence-corrected chi connectivity index (χ3v) is 4.14. The van der Waals surface area contributed by atoms with E-state index in [0.717, 1.165) is 16.7 Å². The Morgan fingerprint density at radius 3 is 2.70 bits per heavy atom. The van der Waals surface area contributed by atoms with Crippen molar-refractivity contribution in [3.05, 3.63) is 64.9 Å². The quantitative estimate of drug-likeness (QED) is 0.495. The molecule has 140 valence electrons. The van der Waals surface area contributed by atoms with Crippen LogP contribution < -0.4 is 15.6 Å². The number of furan rings is 1. The fourth-order valence-electron chi connectivity index (χ4n) is 2.53. The first-order valence-electron chi connectivity index (χ1n) is 8.49. The predicted molar refractivity (Wildman–Crippen MR) is 103 cm³/mol. The van der Waals surface area contributed by atoms with Crippen molar-refractivity contribution >= 4 is 34.4 Å². The molecule has 0 spiro atoms. The van der Waals surface area contributed by atoms with E-state index in [1.54, 1.807) is 24.3 Å². The number of carbonyl (C=O) groups is 2. The van der Waals surface area contributed by atoms with Gasteiger partial charge in [0.25, 0.3) is 0 Å². The van der Waals surface area contributed by atoms with E-state index in [0.29, 0.717) is 23.6 Å². The molecule has 2 aromatic carbocycles. The number of carbonyl (C=O) groups excluding carboxylic acids is 2. The highest BCUT2D eigenvalue weighted by atomic mass is 35.5. The average molecular weight is 387 g/mol. The van der Waals surface area contributed by atoms with Gasteiger partial charge in [-0.05, 0) is 49.2 Å². The molecule has 1 aromatic heterocycles. The van der Waals surface area contributed by atoms with Crippen LogP contribution in [0, 0.1) is 6.92 Å². The van der Waals surface area contributed by atoms with E-state index in [1.165, 1.54) is 0 Å². The zero-order valence-electron chi connectivity index (χ0n) is 14.8. The van der Waals surface area contributed by atoms with Crippen molar-refractivity contribution in [3.8, 4) is 5.75 Å². The molecule has 0 aliphatic rings. The van der Waals surface area contributed by atoms with Gasteiger partial charge in [0.15, 0.2) is 5.76 Å². The van der Waals surface area contributed by atoms with Gasteiger partial charge < -0.3 is 9.15 Å². The Morgan fingerprint density at radius 2 is 1.93 bits per heavy atom. The zero-order valence-corrected chi connectivity index (χ0v) is 15.5. The van der Waals surface area contributed by atoms with Crippen LogP contribution in [0.2, 0.25) is 5.02 Å². The van der Waals surface area contributed by atoms with Crippen LogP contribution in [-0.2, 0) is 4.79 Å². The number of para-hydroxylation sites is 1. The fraction of sp³-hybridized carbons (Fsp3) is 0.200. The minimum atomic E-state index is -0.507. The number of benzene rings is 2. The number of amides is 2. The summed E-state index contributed by atoms with van der Waals surface area (Å²) in [6, 6.07) is 14.3. The highest BCUT2D eigenvalue weighted by molar-refractivity contribution is 6.30. The van der Waals surface area contributed by atoms with Crippen LogP contribution in [0.1, 0.15) is 29.0 Å². The number of ether oxygens (including phenoxy) is 1. The van der Waals surface area contributed by atoms with Crippen molar-refractivity contribution in [1.29, 1.82) is 0 Å². The maximum Gasteiger partial charge on any atom is 0.305 e. The van der Waals surface area contributed by atoms with Crippen molar-refractivity contribution in [2.75, 3.05) is 6.61 Å². The summed E-state index contributed by atoms with van der Waals surface area (Å²) in [7, 11) is 0. The van der Waals surface area contributed by atoms with Gasteiger partial charge in [-0.3, -0.25) is 20.4 Å². The van der Waals surface area contributed by atoms with Crippen molar-refractivity contribution in [1.82, 2.24) is 10.9 Å². The van der Waals surface area contributed by atoms with Crippen LogP contribution in [0.25, 0.3) is 11.0 Å². The van der Waals surface area contributed by atoms with E-state index in [9.17, 15) is 9.59 Å². The Bertz CT molecular complexity index is 935. The van der Waals surface area contributed by atoms with Gasteiger partial charge in [0.1, 0.15) is 11.3 Å². The lowest BCUT2D eigenvalue weighted by molar-refractivity contribution is -0.122. The average Bonchev–Trinajstić information content (AvgIpc) is 3.09. The molecule has 0 aliphatic carbocycles. The molecule has 0 unspecified atom stereocenters. The number of hydrogen-bond donors (Lipinski definition) is 2. The Labute approximate surface area is 161 Å². The summed E-state index contributed by atoms with van der Waals surface area (Å²) in [5, 5.41) is 1.48. The number of nitrogens with one attached hydrogen (secondary N) is 2. The van der Waals surface area contributed by atoms with Crippen LogP contribution in [0.15, 0.2) is 52.9 Å². The maximum atomic E-state index is 12.0. The molecule has 6 nitrogen and oxygen atoms in total. The first kappa shape index (κ1) is 18.8. The van der Waals surface area contributed by atoms with Crippen molar-refractivity contribution < 1.29 is 18.7 Å². The van der Waals surface area contributed by atoms with Crippen LogP contribution in [-0.4, -0.2) is 18.4 Å². The largest absolute Gasteiger partial charge is 0.493 e. The second-order valence-corrected chi connectivity index (χ2v) is 6.45. The minimum Gasteiger partial charge on any atom is -0.493 e. The molecule has 27 heavy (non-hydrogen) atoms. The molecule has 1 heterocycles. The van der Waals surface area contributed by atoms with Gasteiger partial charge in [-0.1, -0.05) is 29.8 Å². The number of fused-ring (bicyclic) bond motifs is 1. The molecule has 0 fully saturated rings. The Kier molecular flexibility index (Phi) is 5.98. The van der Waals surface area contributed by atoms with Gasteiger partial charge in [-0.2, -0.15) is 0 Å². The van der Waals surface area contributed by atoms with Crippen LogP contribution >= 0.6 is 11.6 Å². The maximum absolute atomic E-state index is 12.0. The van der Waals surface area contributed by atoms with Crippen LogP contribution in [0.3, 0.4) is 0 Å². The van der Waals surface area contributed by atoms with E-state index in [4.69, 9.17) is 20.8 Å². The van der Waals surface area contributed by atoms with Gasteiger partial charge >= 0.3 is 5.91 Å². The smallest absolute Gasteiger partial charge is 0.305 e. The first-order chi connectivity index (χ1) is 13.0. The highest BCUT2D eigenvalue weighted by Crippen LogP contribution is 2.22. The number of aryl methyl sites for hydroxylation is 1. The molecule has 2 amide bonds. The Morgan fingerprint density at radius 1 is 1.11 bits per heavy atom. The molecule has 0 saturated carbocycles. The predicted octanol–water partition coefficient (Wildman–Crippen LogP) is 4.01. The lowest BCUT2D eigenvalue weighted by Gasteiger charge is -2.09. The third kappa shape index (κ3) is 5.01. The summed E-state index contributed by atoms with van der Waals surface area (Å²) in [5.41, 5.74) is 6.27. The summed E-state index contributed by atoms with van der Waals surface area (Å²) in [5.74, 6) is 0.0551. The summed E-state index contributed by atoms with van der Waals surface area (Å²) in [6.07, 6.45) is 0.724. The number of hydrogen-bond acceptors (Lipinski definition) is 4. The minimum absolute atomic E-state index is 0.137. The normalized spacial score (nSPS) is 10.6. The monoisotopic (exact) mass is 386 g/mol. The van der Waals surface area contributed by atoms with E-state index in [-0.39, 0.29) is 18.1 Å². The van der Waals surface area contributed by atoms with Crippen molar-refractivity contribution in [2.24, 2.45) is 0 Å². The van der Waals surface area contributed by atoms with E-state index in [2.05, 4.69) is 10.9 Å². The van der Waals surface area contributed by atoms with Gasteiger partial charge in [0.05, 0.1) is 6.61 Å². The SMILES string of the molecule is Cc1cc(Cl)ccc1OCCCC(=O)NNC(=O)c1cc2ccccc2o1. The van der Waals surface area contributed by atoms with Gasteiger partial charge in [0.2, 0.25) is 5.91 Å². The standard InChI is InChI=1S/C20H19ClN2O4/c1-13-11-15(21)8-9-16(13)26-10-4-7-19(24)22-23-20(25)18-12-14-5-2-3-6-17(14)27-18/h2-3,5-6,8-9,11-12H,4,7,10H2,1H3,(H,22,24)(H,23,25). The van der Waals surface area contributed by atoms with Crippen LogP contribution in [0.5, 0.6) is 5.75 Å². The van der Waals surface area contributed by atoms with E-state index in [1.807, 2.05) is 31.2 Å². The molecular weight excluding hydrogens is 368 g/mol. The van der Waals surface area contributed by atoms with E-state index >= 15 is 0 Å². The molecule has 2 N–H and O–H groups in total. The molecule has 7 heteroatoms. The summed E-state index contributed by atoms with van der Waals surface area (Å²) in [6.45, 7) is 2.29. The molecular formula is C20H19ClN2O4. The summed E-state index contributed by atoms with van der Waals surface area (Å²) in [4.78, 5) is 23.9. The second-order valence-electron chi connectivity index (χ2n) is 6.01. The summed E-state index contributed by atoms with van der Waals surface area (Å²) >= 11 is 5.90. The highest BCUT2D eigenvalue weighted by Gasteiger charge is 2.12. The van der Waals surface area contributed by atoms with E-state index < -0.39 is 5.91 Å². The van der Waals surface area contributed by atoms with Gasteiger partial charge in [-0.15, -0.1) is 0 Å². The Hall–Kier alpha value is -2.99. The number of rotatable bonds is 6. The molecule has 3 rings (SSSR count). The van der Waals surface area contributed by atoms with Crippen molar-refractivity contribution in [3.63, 3.8) is 0 Å². The third-order valence-electron chi connectivity index (χ3n) is 3.91. The number of halogens is 1. The fourth-order valence-corrected chi connectivity index (χ4v) is 2.76. The van der Waals surface area contributed by atoms with Crippen molar-refractivity contribution in [2.45, 2.75) is 19.8 Å². The second kappa shape index (κ2) is 8.60. The number of hydrazine groups is 1. The molecule has 3 aromatic rings.